The number of hydrogen-bond acceptors (Lipinski definition) is 3. The van der Waals surface area contributed by atoms with Crippen molar-refractivity contribution < 1.29 is 4.79 Å². The van der Waals surface area contributed by atoms with Crippen molar-refractivity contribution in [2.24, 2.45) is 5.41 Å². The predicted octanol–water partition coefficient (Wildman–Crippen LogP) is 4.89. The molecular formula is C26H29N3O. The zero-order chi connectivity index (χ0) is 21.3. The second-order valence-corrected chi connectivity index (χ2v) is 9.88. The van der Waals surface area contributed by atoms with Crippen molar-refractivity contribution in [1.82, 2.24) is 15.3 Å². The molecule has 1 fully saturated rings. The van der Waals surface area contributed by atoms with Crippen LogP contribution in [0.25, 0.3) is 11.0 Å². The van der Waals surface area contributed by atoms with Crippen LogP contribution in [0.15, 0.2) is 42.5 Å². The van der Waals surface area contributed by atoms with Gasteiger partial charge in [0, 0.05) is 12.0 Å². The number of aromatic nitrogens is 2. The van der Waals surface area contributed by atoms with E-state index in [1.807, 2.05) is 30.3 Å². The summed E-state index contributed by atoms with van der Waals surface area (Å²) in [5.74, 6) is 0.0799. The Hall–Kier alpha value is -2.75. The highest BCUT2D eigenvalue weighted by Gasteiger charge is 2.73. The van der Waals surface area contributed by atoms with Gasteiger partial charge in [-0.1, -0.05) is 51.1 Å². The van der Waals surface area contributed by atoms with E-state index >= 15 is 0 Å². The molecule has 30 heavy (non-hydrogen) atoms. The van der Waals surface area contributed by atoms with E-state index in [4.69, 9.17) is 9.97 Å². The van der Waals surface area contributed by atoms with Gasteiger partial charge in [0.25, 0.3) is 0 Å². The van der Waals surface area contributed by atoms with E-state index < -0.39 is 5.41 Å². The van der Waals surface area contributed by atoms with Crippen LogP contribution < -0.4 is 5.32 Å². The Morgan fingerprint density at radius 2 is 1.53 bits per heavy atom. The lowest BCUT2D eigenvalue weighted by Gasteiger charge is -2.39. The highest BCUT2D eigenvalue weighted by Crippen LogP contribution is 2.70. The molecule has 1 amide bonds. The van der Waals surface area contributed by atoms with Gasteiger partial charge in [-0.15, -0.1) is 0 Å². The Morgan fingerprint density at radius 3 is 2.17 bits per heavy atom. The molecule has 0 radical (unpaired) electrons. The molecule has 2 aromatic carbocycles. The van der Waals surface area contributed by atoms with Crippen LogP contribution in [0, 0.1) is 19.3 Å². The zero-order valence-corrected chi connectivity index (χ0v) is 18.5. The van der Waals surface area contributed by atoms with Crippen molar-refractivity contribution in [3.8, 4) is 0 Å². The van der Waals surface area contributed by atoms with Crippen molar-refractivity contribution >= 4 is 16.9 Å². The molecular weight excluding hydrogens is 370 g/mol. The summed E-state index contributed by atoms with van der Waals surface area (Å²) in [6.07, 6.45) is 1.77. The summed E-state index contributed by atoms with van der Waals surface area (Å²) in [4.78, 5) is 24.0. The molecule has 1 saturated carbocycles. The molecule has 2 aliphatic carbocycles. The van der Waals surface area contributed by atoms with E-state index in [0.717, 1.165) is 40.8 Å². The third kappa shape index (κ3) is 2.25. The van der Waals surface area contributed by atoms with Gasteiger partial charge in [-0.05, 0) is 60.9 Å². The third-order valence-electron chi connectivity index (χ3n) is 8.34. The molecule has 4 nitrogen and oxygen atoms in total. The van der Waals surface area contributed by atoms with Crippen LogP contribution in [0.3, 0.4) is 0 Å². The summed E-state index contributed by atoms with van der Waals surface area (Å²) < 4.78 is 0. The highest BCUT2D eigenvalue weighted by atomic mass is 16.2. The fourth-order valence-corrected chi connectivity index (χ4v) is 5.79. The van der Waals surface area contributed by atoms with Gasteiger partial charge in [0.2, 0.25) is 5.91 Å². The first-order chi connectivity index (χ1) is 14.2. The molecule has 0 saturated heterocycles. The number of amides is 1. The van der Waals surface area contributed by atoms with Crippen LogP contribution in [0.2, 0.25) is 0 Å². The number of benzene rings is 2. The smallest absolute Gasteiger partial charge is 0.233 e. The van der Waals surface area contributed by atoms with Gasteiger partial charge in [0.05, 0.1) is 27.8 Å². The quantitative estimate of drug-likeness (QED) is 0.682. The van der Waals surface area contributed by atoms with E-state index in [-0.39, 0.29) is 16.7 Å². The number of carbonyl (C=O) groups excluding carboxylic acids is 1. The third-order valence-corrected chi connectivity index (χ3v) is 8.34. The van der Waals surface area contributed by atoms with Gasteiger partial charge >= 0.3 is 0 Å². The first-order valence-corrected chi connectivity index (χ1v) is 10.8. The molecule has 3 aromatic rings. The van der Waals surface area contributed by atoms with E-state index in [2.05, 4.69) is 52.1 Å². The molecule has 2 aliphatic rings. The number of rotatable bonds is 3. The molecule has 5 rings (SSSR count). The maximum atomic E-state index is 13.8. The highest BCUT2D eigenvalue weighted by molar-refractivity contribution is 5.93. The lowest BCUT2D eigenvalue weighted by atomic mass is 9.63. The van der Waals surface area contributed by atoms with Gasteiger partial charge in [-0.25, -0.2) is 9.97 Å². The van der Waals surface area contributed by atoms with Gasteiger partial charge in [0.1, 0.15) is 0 Å². The summed E-state index contributed by atoms with van der Waals surface area (Å²) in [6, 6.07) is 14.3. The van der Waals surface area contributed by atoms with Crippen molar-refractivity contribution in [3.63, 3.8) is 0 Å². The number of aryl methyl sites for hydroxylation is 2. The molecule has 2 bridgehead atoms. The van der Waals surface area contributed by atoms with Crippen molar-refractivity contribution in [2.45, 2.75) is 64.8 Å². The van der Waals surface area contributed by atoms with Crippen LogP contribution in [0.5, 0.6) is 0 Å². The van der Waals surface area contributed by atoms with Crippen molar-refractivity contribution in [2.75, 3.05) is 0 Å². The number of nitrogens with zero attached hydrogens (tertiary/aromatic N) is 2. The van der Waals surface area contributed by atoms with Gasteiger partial charge in [-0.2, -0.15) is 0 Å². The van der Waals surface area contributed by atoms with Crippen LogP contribution in [-0.4, -0.2) is 15.9 Å². The molecule has 1 aromatic heterocycles. The normalized spacial score (nSPS) is 26.0. The minimum atomic E-state index is -0.647. The van der Waals surface area contributed by atoms with Crippen LogP contribution >= 0.6 is 0 Å². The van der Waals surface area contributed by atoms with E-state index in [0.29, 0.717) is 6.54 Å². The lowest BCUT2D eigenvalue weighted by Crippen LogP contribution is -2.51. The molecule has 0 spiro atoms. The monoisotopic (exact) mass is 399 g/mol. The fourth-order valence-electron chi connectivity index (χ4n) is 5.79. The summed E-state index contributed by atoms with van der Waals surface area (Å²) >= 11 is 0. The van der Waals surface area contributed by atoms with Gasteiger partial charge in [-0.3, -0.25) is 4.79 Å². The molecule has 154 valence electrons. The second kappa shape index (κ2) is 6.13. The summed E-state index contributed by atoms with van der Waals surface area (Å²) in [5, 5.41) is 3.23. The Balaban J connectivity index is 1.64. The molecule has 2 atom stereocenters. The summed E-state index contributed by atoms with van der Waals surface area (Å²) in [6.45, 7) is 11.5. The van der Waals surface area contributed by atoms with E-state index in [9.17, 15) is 4.79 Å². The number of fused-ring (bicyclic) bond motifs is 6. The topological polar surface area (TPSA) is 54.9 Å². The minimum absolute atomic E-state index is 0.0799. The SMILES string of the molecule is Cc1cc2nc3c(nc2cc1C)C1(C(=O)NCc2ccccc2)CCC3(C)C1(C)C. The van der Waals surface area contributed by atoms with Gasteiger partial charge < -0.3 is 5.32 Å². The van der Waals surface area contributed by atoms with Gasteiger partial charge in [0.15, 0.2) is 0 Å². The standard InChI is InChI=1S/C26H29N3O/c1-16-13-19-20(14-17(16)2)29-22-21(28-19)25(5)11-12-26(22,24(25,3)4)23(30)27-15-18-9-7-6-8-10-18/h6-10,13-14H,11-12,15H2,1-5H3,(H,27,30). The van der Waals surface area contributed by atoms with Crippen LogP contribution in [-0.2, 0) is 22.2 Å². The Morgan fingerprint density at radius 1 is 0.933 bits per heavy atom. The Kier molecular flexibility index (Phi) is 3.93. The van der Waals surface area contributed by atoms with Crippen LogP contribution in [0.4, 0.5) is 0 Å². The predicted molar refractivity (Wildman–Crippen MR) is 119 cm³/mol. The maximum Gasteiger partial charge on any atom is 0.233 e. The molecule has 1 N–H and O–H groups in total. The molecule has 4 heteroatoms. The number of carbonyl (C=O) groups is 1. The summed E-state index contributed by atoms with van der Waals surface area (Å²) in [5.41, 5.74) is 6.19. The number of hydrogen-bond donors (Lipinski definition) is 1. The minimum Gasteiger partial charge on any atom is -0.351 e. The Bertz CT molecular complexity index is 1180. The van der Waals surface area contributed by atoms with Crippen molar-refractivity contribution in [3.05, 3.63) is 70.5 Å². The first-order valence-electron chi connectivity index (χ1n) is 10.8. The first kappa shape index (κ1) is 19.2. The molecule has 2 unspecified atom stereocenters. The lowest BCUT2D eigenvalue weighted by molar-refractivity contribution is -0.130. The zero-order valence-electron chi connectivity index (χ0n) is 18.5. The van der Waals surface area contributed by atoms with E-state index in [1.165, 1.54) is 11.1 Å². The fraction of sp³-hybridized carbons (Fsp3) is 0.423. The molecule has 1 heterocycles. The Labute approximate surface area is 178 Å². The average molecular weight is 400 g/mol. The van der Waals surface area contributed by atoms with E-state index in [1.54, 1.807) is 0 Å². The second-order valence-electron chi connectivity index (χ2n) is 9.88. The number of nitrogens with one attached hydrogen (secondary N) is 1. The van der Waals surface area contributed by atoms with Crippen LogP contribution in [0.1, 0.15) is 61.7 Å². The largest absolute Gasteiger partial charge is 0.351 e. The summed E-state index contributed by atoms with van der Waals surface area (Å²) in [7, 11) is 0. The average Bonchev–Trinajstić information content (AvgIpc) is 3.02. The molecule has 0 aliphatic heterocycles. The maximum absolute atomic E-state index is 13.8. The van der Waals surface area contributed by atoms with Crippen molar-refractivity contribution in [1.29, 1.82) is 0 Å².